The van der Waals surface area contributed by atoms with Crippen LogP contribution in [0.25, 0.3) is 0 Å². The molecule has 2 aliphatic heterocycles. The molecule has 1 N–H and O–H groups in total. The van der Waals surface area contributed by atoms with E-state index in [1.165, 1.54) is 0 Å². The number of ether oxygens (including phenoxy) is 1. The average Bonchev–Trinajstić information content (AvgIpc) is 2.68. The third-order valence-corrected chi connectivity index (χ3v) is 4.31. The highest BCUT2D eigenvalue weighted by atomic mass is 32.2. The Labute approximate surface area is 96.5 Å². The van der Waals surface area contributed by atoms with Crippen molar-refractivity contribution in [2.45, 2.75) is 25.3 Å². The molecular formula is C10H19NO4S. The van der Waals surface area contributed by atoms with Crippen LogP contribution in [0, 0.1) is 5.92 Å². The van der Waals surface area contributed by atoms with E-state index in [1.54, 1.807) is 0 Å². The van der Waals surface area contributed by atoms with E-state index in [4.69, 9.17) is 9.29 Å². The maximum atomic E-state index is 10.8. The topological polar surface area (TPSA) is 66.8 Å². The molecule has 0 radical (unpaired) electrons. The van der Waals surface area contributed by atoms with Crippen LogP contribution < -0.4 is 0 Å². The third-order valence-electron chi connectivity index (χ3n) is 3.42. The fourth-order valence-electron chi connectivity index (χ4n) is 2.67. The van der Waals surface area contributed by atoms with Gasteiger partial charge in [-0.1, -0.05) is 0 Å². The molecule has 2 fully saturated rings. The maximum absolute atomic E-state index is 10.8. The molecular weight excluding hydrogens is 230 g/mol. The molecule has 0 aromatic heterocycles. The fourth-order valence-corrected chi connectivity index (χ4v) is 3.54. The summed E-state index contributed by atoms with van der Waals surface area (Å²) in [6.45, 7) is 3.37. The van der Waals surface area contributed by atoms with Crippen molar-refractivity contribution in [2.75, 3.05) is 32.1 Å². The Hall–Kier alpha value is -0.170. The zero-order chi connectivity index (χ0) is 11.6. The first-order valence-corrected chi connectivity index (χ1v) is 7.42. The van der Waals surface area contributed by atoms with Crippen LogP contribution in [0.5, 0.6) is 0 Å². The molecule has 0 spiro atoms. The smallest absolute Gasteiger partial charge is 0.265 e. The summed E-state index contributed by atoms with van der Waals surface area (Å²) in [6.07, 6.45) is 2.94. The number of rotatable bonds is 3. The fraction of sp³-hybridized carbons (Fsp3) is 1.00. The molecule has 16 heavy (non-hydrogen) atoms. The Morgan fingerprint density at radius 1 is 1.38 bits per heavy atom. The summed E-state index contributed by atoms with van der Waals surface area (Å²) >= 11 is 0. The van der Waals surface area contributed by atoms with Gasteiger partial charge in [0.05, 0.1) is 12.4 Å². The minimum atomic E-state index is -3.83. The van der Waals surface area contributed by atoms with Crippen molar-refractivity contribution in [3.63, 3.8) is 0 Å². The van der Waals surface area contributed by atoms with Crippen LogP contribution in [-0.4, -0.2) is 56.0 Å². The lowest BCUT2D eigenvalue weighted by atomic mass is 9.98. The molecule has 5 nitrogen and oxygen atoms in total. The van der Waals surface area contributed by atoms with Crippen molar-refractivity contribution in [3.8, 4) is 0 Å². The first-order chi connectivity index (χ1) is 7.54. The molecule has 0 aliphatic carbocycles. The standard InChI is InChI=1S/C10H19NO4S/c12-16(13,14)8-9-2-1-4-11(6-9)10-3-5-15-7-10/h9-10H,1-8H2,(H,12,13,14). The van der Waals surface area contributed by atoms with Crippen molar-refractivity contribution >= 4 is 10.1 Å². The van der Waals surface area contributed by atoms with E-state index in [0.29, 0.717) is 6.04 Å². The second-order valence-electron chi connectivity index (χ2n) is 4.77. The maximum Gasteiger partial charge on any atom is 0.265 e. The Balaban J connectivity index is 1.88. The number of piperidine rings is 1. The Kier molecular flexibility index (Phi) is 3.84. The highest BCUT2D eigenvalue weighted by molar-refractivity contribution is 7.85. The van der Waals surface area contributed by atoms with E-state index >= 15 is 0 Å². The highest BCUT2D eigenvalue weighted by Crippen LogP contribution is 2.22. The van der Waals surface area contributed by atoms with E-state index < -0.39 is 10.1 Å². The highest BCUT2D eigenvalue weighted by Gasteiger charge is 2.30. The predicted octanol–water partition coefficient (Wildman–Crippen LogP) is 0.375. The van der Waals surface area contributed by atoms with Crippen molar-refractivity contribution in [1.82, 2.24) is 4.90 Å². The van der Waals surface area contributed by atoms with Crippen LogP contribution in [0.3, 0.4) is 0 Å². The molecule has 0 saturated carbocycles. The average molecular weight is 249 g/mol. The van der Waals surface area contributed by atoms with Crippen LogP contribution in [0.15, 0.2) is 0 Å². The summed E-state index contributed by atoms with van der Waals surface area (Å²) in [5.41, 5.74) is 0. The monoisotopic (exact) mass is 249 g/mol. The van der Waals surface area contributed by atoms with E-state index in [0.717, 1.165) is 45.6 Å². The van der Waals surface area contributed by atoms with Gasteiger partial charge < -0.3 is 4.74 Å². The van der Waals surface area contributed by atoms with Gasteiger partial charge in [-0.25, -0.2) is 0 Å². The van der Waals surface area contributed by atoms with Crippen LogP contribution in [0.4, 0.5) is 0 Å². The normalized spacial score (nSPS) is 33.1. The van der Waals surface area contributed by atoms with Gasteiger partial charge >= 0.3 is 0 Å². The lowest BCUT2D eigenvalue weighted by Gasteiger charge is -2.35. The van der Waals surface area contributed by atoms with Gasteiger partial charge in [0.15, 0.2) is 0 Å². The summed E-state index contributed by atoms with van der Waals surface area (Å²) in [4.78, 5) is 2.31. The molecule has 2 unspecified atom stereocenters. The summed E-state index contributed by atoms with van der Waals surface area (Å²) in [5, 5.41) is 0. The first kappa shape index (κ1) is 12.3. The summed E-state index contributed by atoms with van der Waals surface area (Å²) in [6, 6.07) is 0.448. The zero-order valence-electron chi connectivity index (χ0n) is 9.34. The molecule has 0 amide bonds. The summed E-state index contributed by atoms with van der Waals surface area (Å²) in [7, 11) is -3.83. The van der Waals surface area contributed by atoms with Crippen molar-refractivity contribution in [3.05, 3.63) is 0 Å². The molecule has 2 heterocycles. The lowest BCUT2D eigenvalue weighted by molar-refractivity contribution is 0.108. The van der Waals surface area contributed by atoms with Gasteiger partial charge in [-0.3, -0.25) is 9.45 Å². The van der Waals surface area contributed by atoms with Gasteiger partial charge in [-0.15, -0.1) is 0 Å². The molecule has 94 valence electrons. The minimum Gasteiger partial charge on any atom is -0.380 e. The van der Waals surface area contributed by atoms with Crippen LogP contribution in [0.1, 0.15) is 19.3 Å². The van der Waals surface area contributed by atoms with Crippen LogP contribution in [-0.2, 0) is 14.9 Å². The van der Waals surface area contributed by atoms with Crippen LogP contribution >= 0.6 is 0 Å². The van der Waals surface area contributed by atoms with Gasteiger partial charge in [0.1, 0.15) is 0 Å². The number of hydrogen-bond donors (Lipinski definition) is 1. The second kappa shape index (κ2) is 5.00. The van der Waals surface area contributed by atoms with Crippen LogP contribution in [0.2, 0.25) is 0 Å². The molecule has 2 aliphatic rings. The number of likely N-dealkylation sites (tertiary alicyclic amines) is 1. The van der Waals surface area contributed by atoms with E-state index in [2.05, 4.69) is 4.90 Å². The molecule has 2 rings (SSSR count). The number of nitrogens with zero attached hydrogens (tertiary/aromatic N) is 1. The van der Waals surface area contributed by atoms with Crippen molar-refractivity contribution in [2.24, 2.45) is 5.92 Å². The molecule has 0 aromatic carbocycles. The first-order valence-electron chi connectivity index (χ1n) is 5.81. The van der Waals surface area contributed by atoms with Gasteiger partial charge in [0.25, 0.3) is 10.1 Å². The second-order valence-corrected chi connectivity index (χ2v) is 6.27. The lowest BCUT2D eigenvalue weighted by Crippen LogP contribution is -2.44. The summed E-state index contributed by atoms with van der Waals surface area (Å²) < 4.78 is 35.9. The molecule has 6 heteroatoms. The Morgan fingerprint density at radius 3 is 2.81 bits per heavy atom. The minimum absolute atomic E-state index is 0.0735. The van der Waals surface area contributed by atoms with Crippen molar-refractivity contribution in [1.29, 1.82) is 0 Å². The third kappa shape index (κ3) is 3.41. The quantitative estimate of drug-likeness (QED) is 0.732. The molecule has 2 atom stereocenters. The van der Waals surface area contributed by atoms with E-state index in [-0.39, 0.29) is 11.7 Å². The molecule has 0 bridgehead atoms. The van der Waals surface area contributed by atoms with Gasteiger partial charge in [0.2, 0.25) is 0 Å². The summed E-state index contributed by atoms with van der Waals surface area (Å²) in [5.74, 6) is -0.0266. The van der Waals surface area contributed by atoms with Gasteiger partial charge in [0, 0.05) is 19.2 Å². The van der Waals surface area contributed by atoms with E-state index in [9.17, 15) is 8.42 Å². The van der Waals surface area contributed by atoms with Crippen molar-refractivity contribution < 1.29 is 17.7 Å². The predicted molar refractivity (Wildman–Crippen MR) is 59.9 cm³/mol. The van der Waals surface area contributed by atoms with Gasteiger partial charge in [-0.2, -0.15) is 8.42 Å². The SMILES string of the molecule is O=S(=O)(O)CC1CCCN(C2CCOC2)C1. The number of hydrogen-bond acceptors (Lipinski definition) is 4. The molecule has 2 saturated heterocycles. The Morgan fingerprint density at radius 2 is 2.19 bits per heavy atom. The Bertz CT molecular complexity index is 324. The zero-order valence-corrected chi connectivity index (χ0v) is 10.2. The molecule has 0 aromatic rings. The largest absolute Gasteiger partial charge is 0.380 e. The van der Waals surface area contributed by atoms with E-state index in [1.807, 2.05) is 0 Å². The van der Waals surface area contributed by atoms with Gasteiger partial charge in [-0.05, 0) is 31.7 Å².